The van der Waals surface area contributed by atoms with Gasteiger partial charge < -0.3 is 20.4 Å². The van der Waals surface area contributed by atoms with Gasteiger partial charge in [-0.05, 0) is 37.8 Å². The highest BCUT2D eigenvalue weighted by molar-refractivity contribution is 5.95. The molecule has 1 unspecified atom stereocenters. The van der Waals surface area contributed by atoms with Gasteiger partial charge in [0.2, 0.25) is 5.75 Å². The van der Waals surface area contributed by atoms with E-state index < -0.39 is 17.2 Å². The van der Waals surface area contributed by atoms with Crippen LogP contribution in [-0.2, 0) is 0 Å². The zero-order valence-corrected chi connectivity index (χ0v) is 15.7. The maximum absolute atomic E-state index is 12.7. The molecule has 2 heterocycles. The summed E-state index contributed by atoms with van der Waals surface area (Å²) in [4.78, 5) is 39.0. The molecule has 0 saturated heterocycles. The number of carbonyl (C=O) groups is 1. The van der Waals surface area contributed by atoms with Crippen LogP contribution in [0.2, 0.25) is 0 Å². The molecular weight excluding hydrogens is 358 g/mol. The molecule has 146 valence electrons. The maximum Gasteiger partial charge on any atom is 0.294 e. The number of benzene rings is 1. The number of hydrogen-bond donors (Lipinski definition) is 4. The smallest absolute Gasteiger partial charge is 0.294 e. The minimum atomic E-state index is -0.777. The van der Waals surface area contributed by atoms with Gasteiger partial charge in [-0.15, -0.1) is 0 Å². The Morgan fingerprint density at radius 1 is 1.14 bits per heavy atom. The van der Waals surface area contributed by atoms with E-state index in [1.807, 2.05) is 31.2 Å². The minimum Gasteiger partial charge on any atom is -0.501 e. The average Bonchev–Trinajstić information content (AvgIpc) is 3.14. The highest BCUT2D eigenvalue weighted by Gasteiger charge is 2.25. The van der Waals surface area contributed by atoms with Crippen molar-refractivity contribution >= 4 is 16.9 Å². The largest absolute Gasteiger partial charge is 0.501 e. The molecule has 1 amide bonds. The lowest BCUT2D eigenvalue weighted by Gasteiger charge is -2.28. The van der Waals surface area contributed by atoms with Gasteiger partial charge in [0.25, 0.3) is 11.5 Å². The molecule has 3 aromatic rings. The predicted molar refractivity (Wildman–Crippen MR) is 105 cm³/mol. The molecule has 4 N–H and O–H groups in total. The third-order valence-corrected chi connectivity index (χ3v) is 5.44. The SMILES string of the molecule is CC(NC(=O)c1nc(-c2nc3ccccc3[nH]2)[nH]c(=O)c1O)C1CCCCC1. The van der Waals surface area contributed by atoms with E-state index in [1.54, 1.807) is 0 Å². The molecule has 1 aliphatic rings. The van der Waals surface area contributed by atoms with E-state index in [2.05, 4.69) is 25.3 Å². The van der Waals surface area contributed by atoms with E-state index in [-0.39, 0.29) is 17.6 Å². The molecule has 1 fully saturated rings. The van der Waals surface area contributed by atoms with Gasteiger partial charge in [-0.25, -0.2) is 9.97 Å². The van der Waals surface area contributed by atoms with Crippen LogP contribution in [0.15, 0.2) is 29.1 Å². The van der Waals surface area contributed by atoms with Gasteiger partial charge in [-0.3, -0.25) is 9.59 Å². The number of H-pyrrole nitrogens is 2. The number of para-hydroxylation sites is 2. The number of hydrogen-bond acceptors (Lipinski definition) is 5. The number of amides is 1. The Hall–Kier alpha value is -3.16. The molecule has 0 spiro atoms. The van der Waals surface area contributed by atoms with Crippen LogP contribution in [0.1, 0.15) is 49.5 Å². The van der Waals surface area contributed by atoms with Crippen molar-refractivity contribution < 1.29 is 9.90 Å². The van der Waals surface area contributed by atoms with Gasteiger partial charge in [-0.2, -0.15) is 0 Å². The van der Waals surface area contributed by atoms with Crippen molar-refractivity contribution in [3.05, 3.63) is 40.3 Å². The van der Waals surface area contributed by atoms with E-state index in [4.69, 9.17) is 0 Å². The molecule has 1 saturated carbocycles. The molecule has 8 nitrogen and oxygen atoms in total. The van der Waals surface area contributed by atoms with Gasteiger partial charge in [-0.1, -0.05) is 31.4 Å². The molecule has 0 bridgehead atoms. The molecule has 1 aromatic carbocycles. The predicted octanol–water partition coefficient (Wildman–Crippen LogP) is 2.72. The van der Waals surface area contributed by atoms with Gasteiger partial charge in [0.1, 0.15) is 0 Å². The number of aromatic hydroxyl groups is 1. The summed E-state index contributed by atoms with van der Waals surface area (Å²) in [6.07, 6.45) is 5.69. The third kappa shape index (κ3) is 3.49. The second-order valence-corrected chi connectivity index (χ2v) is 7.37. The summed E-state index contributed by atoms with van der Waals surface area (Å²) >= 11 is 0. The molecular formula is C20H23N5O3. The Morgan fingerprint density at radius 2 is 1.86 bits per heavy atom. The van der Waals surface area contributed by atoms with Crippen molar-refractivity contribution in [3.63, 3.8) is 0 Å². The van der Waals surface area contributed by atoms with Gasteiger partial charge in [0.05, 0.1) is 11.0 Å². The summed E-state index contributed by atoms with van der Waals surface area (Å²) in [5, 5.41) is 13.0. The first-order chi connectivity index (χ1) is 13.5. The van der Waals surface area contributed by atoms with Crippen LogP contribution >= 0.6 is 0 Å². The number of imidazole rings is 1. The number of nitrogens with zero attached hydrogens (tertiary/aromatic N) is 2. The number of rotatable bonds is 4. The van der Waals surface area contributed by atoms with E-state index in [1.165, 1.54) is 6.42 Å². The summed E-state index contributed by atoms with van der Waals surface area (Å²) in [7, 11) is 0. The number of fused-ring (bicyclic) bond motifs is 1. The summed E-state index contributed by atoms with van der Waals surface area (Å²) in [6.45, 7) is 1.96. The first-order valence-electron chi connectivity index (χ1n) is 9.62. The van der Waals surface area contributed by atoms with E-state index in [0.29, 0.717) is 17.3 Å². The lowest BCUT2D eigenvalue weighted by molar-refractivity contribution is 0.0911. The Bertz CT molecular complexity index is 1030. The number of aromatic amines is 2. The molecule has 0 radical (unpaired) electrons. The van der Waals surface area contributed by atoms with Crippen LogP contribution in [0.5, 0.6) is 5.75 Å². The van der Waals surface area contributed by atoms with E-state index >= 15 is 0 Å². The number of carbonyl (C=O) groups excluding carboxylic acids is 1. The van der Waals surface area contributed by atoms with Crippen molar-refractivity contribution in [3.8, 4) is 17.4 Å². The first-order valence-corrected chi connectivity index (χ1v) is 9.62. The maximum atomic E-state index is 12.7. The van der Waals surface area contributed by atoms with Crippen molar-refractivity contribution in [1.29, 1.82) is 0 Å². The summed E-state index contributed by atoms with van der Waals surface area (Å²) in [6, 6.07) is 7.34. The summed E-state index contributed by atoms with van der Waals surface area (Å²) < 4.78 is 0. The van der Waals surface area contributed by atoms with Crippen molar-refractivity contribution in [2.24, 2.45) is 5.92 Å². The topological polar surface area (TPSA) is 124 Å². The van der Waals surface area contributed by atoms with Crippen LogP contribution in [0, 0.1) is 5.92 Å². The standard InChI is InChI=1S/C20H23N5O3/c1-11(12-7-3-2-4-8-12)21-19(27)15-16(26)20(28)25-18(24-15)17-22-13-9-5-6-10-14(13)23-17/h5-6,9-12,26H,2-4,7-8H2,1H3,(H,21,27)(H,22,23)(H,24,25,28). The summed E-state index contributed by atoms with van der Waals surface area (Å²) in [5.41, 5.74) is 0.429. The number of aromatic nitrogens is 4. The average molecular weight is 381 g/mol. The van der Waals surface area contributed by atoms with Crippen molar-refractivity contribution in [2.75, 3.05) is 0 Å². The number of nitrogens with one attached hydrogen (secondary N) is 3. The minimum absolute atomic E-state index is 0.0528. The fourth-order valence-electron chi connectivity index (χ4n) is 3.83. The van der Waals surface area contributed by atoms with Crippen LogP contribution in [0.4, 0.5) is 0 Å². The quantitative estimate of drug-likeness (QED) is 0.553. The lowest BCUT2D eigenvalue weighted by Crippen LogP contribution is -2.39. The monoisotopic (exact) mass is 381 g/mol. The van der Waals surface area contributed by atoms with Gasteiger partial charge in [0, 0.05) is 6.04 Å². The summed E-state index contributed by atoms with van der Waals surface area (Å²) in [5.74, 6) is -0.411. The lowest BCUT2D eigenvalue weighted by atomic mass is 9.84. The van der Waals surface area contributed by atoms with Crippen LogP contribution in [-0.4, -0.2) is 37.0 Å². The van der Waals surface area contributed by atoms with Crippen molar-refractivity contribution in [2.45, 2.75) is 45.1 Å². The zero-order chi connectivity index (χ0) is 19.7. The van der Waals surface area contributed by atoms with Gasteiger partial charge in [0.15, 0.2) is 17.3 Å². The fourth-order valence-corrected chi connectivity index (χ4v) is 3.83. The van der Waals surface area contributed by atoms with Crippen LogP contribution in [0.25, 0.3) is 22.7 Å². The van der Waals surface area contributed by atoms with Gasteiger partial charge >= 0.3 is 0 Å². The molecule has 4 rings (SSSR count). The zero-order valence-electron chi connectivity index (χ0n) is 15.7. The first kappa shape index (κ1) is 18.2. The Morgan fingerprint density at radius 3 is 2.61 bits per heavy atom. The van der Waals surface area contributed by atoms with E-state index in [0.717, 1.165) is 31.2 Å². The Balaban J connectivity index is 1.63. The van der Waals surface area contributed by atoms with Crippen molar-refractivity contribution in [1.82, 2.24) is 25.3 Å². The van der Waals surface area contributed by atoms with Crippen LogP contribution in [0.3, 0.4) is 0 Å². The molecule has 2 aromatic heterocycles. The second-order valence-electron chi connectivity index (χ2n) is 7.37. The normalized spacial score (nSPS) is 16.2. The Kier molecular flexibility index (Phi) is 4.85. The fraction of sp³-hybridized carbons (Fsp3) is 0.400. The Labute approximate surface area is 161 Å². The molecule has 1 atom stereocenters. The molecule has 0 aliphatic heterocycles. The second kappa shape index (κ2) is 7.46. The highest BCUT2D eigenvalue weighted by Crippen LogP contribution is 2.26. The molecule has 28 heavy (non-hydrogen) atoms. The third-order valence-electron chi connectivity index (χ3n) is 5.44. The molecule has 8 heteroatoms. The van der Waals surface area contributed by atoms with E-state index in [9.17, 15) is 14.7 Å². The molecule has 1 aliphatic carbocycles. The van der Waals surface area contributed by atoms with Crippen LogP contribution < -0.4 is 10.9 Å². The highest BCUT2D eigenvalue weighted by atomic mass is 16.3.